The number of nitrogens with zero attached hydrogens (tertiary/aromatic N) is 1. The molecule has 3 aromatic carbocycles. The minimum Gasteiger partial charge on any atom is -0.491 e. The van der Waals surface area contributed by atoms with Crippen molar-refractivity contribution >= 4 is 16.5 Å². The van der Waals surface area contributed by atoms with E-state index in [-0.39, 0.29) is 0 Å². The molecule has 1 atom stereocenters. The topological polar surface area (TPSA) is 37.1 Å². The summed E-state index contributed by atoms with van der Waals surface area (Å²) in [5.74, 6) is 0.817. The van der Waals surface area contributed by atoms with Crippen molar-refractivity contribution in [2.45, 2.75) is 20.0 Å². The van der Waals surface area contributed by atoms with Crippen molar-refractivity contribution in [2.24, 2.45) is 0 Å². The molecular formula is C25H31N2O2+. The van der Waals surface area contributed by atoms with E-state index in [1.54, 1.807) is 0 Å². The van der Waals surface area contributed by atoms with E-state index in [1.807, 2.05) is 24.3 Å². The van der Waals surface area contributed by atoms with Crippen molar-refractivity contribution in [3.63, 3.8) is 0 Å². The molecular weight excluding hydrogens is 360 g/mol. The van der Waals surface area contributed by atoms with Crippen LogP contribution < -0.4 is 14.5 Å². The van der Waals surface area contributed by atoms with E-state index in [2.05, 4.69) is 55.1 Å². The van der Waals surface area contributed by atoms with E-state index < -0.39 is 6.10 Å². The van der Waals surface area contributed by atoms with E-state index in [9.17, 15) is 5.11 Å². The summed E-state index contributed by atoms with van der Waals surface area (Å²) in [6.07, 6.45) is -0.455. The zero-order chi connectivity index (χ0) is 20.2. The maximum absolute atomic E-state index is 10.5. The molecule has 29 heavy (non-hydrogen) atoms. The lowest BCUT2D eigenvalue weighted by Gasteiger charge is -2.35. The van der Waals surface area contributed by atoms with Crippen LogP contribution in [0.25, 0.3) is 10.8 Å². The number of hydrogen-bond donors (Lipinski definition) is 2. The van der Waals surface area contributed by atoms with Crippen LogP contribution in [0.15, 0.2) is 60.7 Å². The third-order valence-corrected chi connectivity index (χ3v) is 6.07. The number of fused-ring (bicyclic) bond motifs is 1. The second-order valence-corrected chi connectivity index (χ2v) is 8.13. The van der Waals surface area contributed by atoms with Crippen LogP contribution in [-0.2, 0) is 0 Å². The Morgan fingerprint density at radius 2 is 1.72 bits per heavy atom. The predicted molar refractivity (Wildman–Crippen MR) is 119 cm³/mol. The second-order valence-electron chi connectivity index (χ2n) is 8.13. The van der Waals surface area contributed by atoms with Crippen LogP contribution in [0.3, 0.4) is 0 Å². The van der Waals surface area contributed by atoms with Crippen molar-refractivity contribution in [3.8, 4) is 5.75 Å². The van der Waals surface area contributed by atoms with Gasteiger partial charge in [0.2, 0.25) is 0 Å². The molecule has 0 unspecified atom stereocenters. The first-order chi connectivity index (χ1) is 14.1. The molecule has 0 aromatic heterocycles. The largest absolute Gasteiger partial charge is 0.491 e. The lowest BCUT2D eigenvalue weighted by Crippen LogP contribution is -3.16. The van der Waals surface area contributed by atoms with E-state index in [0.717, 1.165) is 43.9 Å². The van der Waals surface area contributed by atoms with Crippen LogP contribution in [0.2, 0.25) is 0 Å². The number of anilines is 1. The fraction of sp³-hybridized carbons (Fsp3) is 0.360. The van der Waals surface area contributed by atoms with Gasteiger partial charge in [0.15, 0.2) is 0 Å². The molecule has 0 radical (unpaired) electrons. The van der Waals surface area contributed by atoms with Crippen LogP contribution in [0.4, 0.5) is 5.69 Å². The Kier molecular flexibility index (Phi) is 6.02. The minimum atomic E-state index is -0.455. The third-order valence-electron chi connectivity index (χ3n) is 6.07. The van der Waals surface area contributed by atoms with Crippen molar-refractivity contribution < 1.29 is 14.7 Å². The van der Waals surface area contributed by atoms with E-state index >= 15 is 0 Å². The first kappa shape index (κ1) is 19.7. The van der Waals surface area contributed by atoms with Crippen molar-refractivity contribution in [2.75, 3.05) is 44.2 Å². The van der Waals surface area contributed by atoms with Gasteiger partial charge in [-0.15, -0.1) is 0 Å². The Morgan fingerprint density at radius 1 is 0.966 bits per heavy atom. The summed E-state index contributed by atoms with van der Waals surface area (Å²) in [7, 11) is 0. The number of hydrogen-bond acceptors (Lipinski definition) is 3. The minimum absolute atomic E-state index is 0.336. The molecule has 0 saturated carbocycles. The highest BCUT2D eigenvalue weighted by atomic mass is 16.5. The molecule has 1 aliphatic heterocycles. The highest BCUT2D eigenvalue weighted by Gasteiger charge is 2.23. The summed E-state index contributed by atoms with van der Waals surface area (Å²) in [5, 5.41) is 12.8. The first-order valence-electron chi connectivity index (χ1n) is 10.5. The molecule has 0 spiro atoms. The van der Waals surface area contributed by atoms with Gasteiger partial charge in [-0.2, -0.15) is 0 Å². The first-order valence-corrected chi connectivity index (χ1v) is 10.5. The van der Waals surface area contributed by atoms with Gasteiger partial charge in [-0.3, -0.25) is 0 Å². The zero-order valence-electron chi connectivity index (χ0n) is 17.4. The molecule has 3 aromatic rings. The Balaban J connectivity index is 1.26. The van der Waals surface area contributed by atoms with Crippen LogP contribution >= 0.6 is 0 Å². The number of quaternary nitrogens is 1. The van der Waals surface area contributed by atoms with Gasteiger partial charge < -0.3 is 19.6 Å². The van der Waals surface area contributed by atoms with Crippen LogP contribution in [0.5, 0.6) is 5.75 Å². The van der Waals surface area contributed by atoms with E-state index in [1.165, 1.54) is 27.1 Å². The number of aliphatic hydroxyl groups excluding tert-OH is 1. The number of aryl methyl sites for hydroxylation is 1. The standard InChI is InChI=1S/C25H30N2O2/c1-19-6-5-9-25(20(19)2)27-14-12-26(13-15-27)17-23(28)18-29-24-11-10-21-7-3-4-8-22(21)16-24/h3-11,16,23,28H,12-15,17-18H2,1-2H3/p+1/t23-/m1/s1. The average Bonchev–Trinajstić information content (AvgIpc) is 2.75. The molecule has 4 nitrogen and oxygen atoms in total. The number of rotatable bonds is 6. The molecule has 4 heteroatoms. The monoisotopic (exact) mass is 391 g/mol. The van der Waals surface area contributed by atoms with Crippen LogP contribution in [0.1, 0.15) is 11.1 Å². The summed E-state index contributed by atoms with van der Waals surface area (Å²) in [6.45, 7) is 9.58. The average molecular weight is 392 g/mol. The van der Waals surface area contributed by atoms with E-state index in [0.29, 0.717) is 6.61 Å². The molecule has 2 N–H and O–H groups in total. The quantitative estimate of drug-likeness (QED) is 0.678. The number of benzene rings is 3. The van der Waals surface area contributed by atoms with Crippen molar-refractivity contribution in [1.29, 1.82) is 0 Å². The van der Waals surface area contributed by atoms with Gasteiger partial charge in [-0.05, 0) is 53.9 Å². The summed E-state index contributed by atoms with van der Waals surface area (Å²) in [4.78, 5) is 3.92. The number of piperazine rings is 1. The van der Waals surface area contributed by atoms with Gasteiger partial charge in [0.25, 0.3) is 0 Å². The molecule has 1 aliphatic rings. The summed E-state index contributed by atoms with van der Waals surface area (Å²) >= 11 is 0. The van der Waals surface area contributed by atoms with Gasteiger partial charge in [0.1, 0.15) is 25.0 Å². The number of aliphatic hydroxyl groups is 1. The predicted octanol–water partition coefficient (Wildman–Crippen LogP) is 2.60. The molecule has 1 saturated heterocycles. The number of nitrogens with one attached hydrogen (secondary N) is 1. The Hall–Kier alpha value is -2.56. The Bertz CT molecular complexity index is 964. The highest BCUT2D eigenvalue weighted by molar-refractivity contribution is 5.83. The molecule has 0 bridgehead atoms. The fourth-order valence-corrected chi connectivity index (χ4v) is 4.19. The maximum Gasteiger partial charge on any atom is 0.137 e. The molecule has 4 rings (SSSR count). The fourth-order valence-electron chi connectivity index (χ4n) is 4.19. The molecule has 0 amide bonds. The maximum atomic E-state index is 10.5. The van der Waals surface area contributed by atoms with Gasteiger partial charge >= 0.3 is 0 Å². The Labute approximate surface area is 173 Å². The molecule has 1 fully saturated rings. The second kappa shape index (κ2) is 8.85. The smallest absolute Gasteiger partial charge is 0.137 e. The van der Waals surface area contributed by atoms with Gasteiger partial charge in [-0.1, -0.05) is 42.5 Å². The van der Waals surface area contributed by atoms with Gasteiger partial charge in [-0.25, -0.2) is 0 Å². The van der Waals surface area contributed by atoms with Crippen molar-refractivity contribution in [3.05, 3.63) is 71.8 Å². The van der Waals surface area contributed by atoms with E-state index in [4.69, 9.17) is 4.74 Å². The Morgan fingerprint density at radius 3 is 2.52 bits per heavy atom. The normalized spacial score (nSPS) is 16.2. The third kappa shape index (κ3) is 4.72. The van der Waals surface area contributed by atoms with Crippen LogP contribution in [-0.4, -0.2) is 50.5 Å². The molecule has 0 aliphatic carbocycles. The lowest BCUT2D eigenvalue weighted by molar-refractivity contribution is -0.903. The lowest BCUT2D eigenvalue weighted by atomic mass is 10.1. The van der Waals surface area contributed by atoms with Gasteiger partial charge in [0.05, 0.1) is 26.2 Å². The summed E-state index contributed by atoms with van der Waals surface area (Å²) < 4.78 is 5.86. The molecule has 152 valence electrons. The highest BCUT2D eigenvalue weighted by Crippen LogP contribution is 2.23. The summed E-state index contributed by atoms with van der Waals surface area (Å²) in [6, 6.07) is 20.9. The zero-order valence-corrected chi connectivity index (χ0v) is 17.4. The molecule has 1 heterocycles. The van der Waals surface area contributed by atoms with Gasteiger partial charge in [0, 0.05) is 5.69 Å². The SMILES string of the molecule is Cc1cccc(N2CC[NH+](C[C@@H](O)COc3ccc4ccccc4c3)CC2)c1C. The summed E-state index contributed by atoms with van der Waals surface area (Å²) in [5.41, 5.74) is 4.07. The van der Waals surface area contributed by atoms with Crippen molar-refractivity contribution in [1.82, 2.24) is 0 Å². The van der Waals surface area contributed by atoms with Crippen LogP contribution in [0, 0.1) is 13.8 Å². The number of ether oxygens (including phenoxy) is 1.